The van der Waals surface area contributed by atoms with Crippen molar-refractivity contribution < 1.29 is 22.7 Å². The van der Waals surface area contributed by atoms with Gasteiger partial charge in [0.25, 0.3) is 11.8 Å². The molecule has 8 heteroatoms. The van der Waals surface area contributed by atoms with Gasteiger partial charge in [0.15, 0.2) is 6.61 Å². The molecule has 0 radical (unpaired) electrons. The van der Waals surface area contributed by atoms with Crippen molar-refractivity contribution in [2.24, 2.45) is 0 Å². The summed E-state index contributed by atoms with van der Waals surface area (Å²) in [5.74, 6) is -4.01. The molecular weight excluding hydrogens is 401 g/mol. The molecule has 0 atom stereocenters. The first-order valence-corrected chi connectivity index (χ1v) is 8.25. The number of aromatic nitrogens is 1. The van der Waals surface area contributed by atoms with Gasteiger partial charge in [0, 0.05) is 36.2 Å². The van der Waals surface area contributed by atoms with Crippen molar-refractivity contribution in [2.75, 3.05) is 6.61 Å². The third kappa shape index (κ3) is 3.95. The van der Waals surface area contributed by atoms with Crippen molar-refractivity contribution in [3.05, 3.63) is 57.4 Å². The quantitative estimate of drug-likeness (QED) is 0.736. The number of hydrogen-bond acceptors (Lipinski definition) is 3. The van der Waals surface area contributed by atoms with E-state index in [-0.39, 0.29) is 24.5 Å². The Morgan fingerprint density at radius 3 is 2.80 bits per heavy atom. The molecule has 1 amide bonds. The molecule has 1 aliphatic heterocycles. The highest BCUT2D eigenvalue weighted by atomic mass is 79.9. The minimum atomic E-state index is -3.04. The molecule has 25 heavy (non-hydrogen) atoms. The Labute approximate surface area is 150 Å². The number of pyridine rings is 1. The van der Waals surface area contributed by atoms with Crippen molar-refractivity contribution >= 4 is 21.8 Å². The van der Waals surface area contributed by atoms with Crippen LogP contribution in [0.4, 0.5) is 13.2 Å². The first-order chi connectivity index (χ1) is 11.7. The molecule has 2 heterocycles. The van der Waals surface area contributed by atoms with E-state index < -0.39 is 24.3 Å². The average molecular weight is 415 g/mol. The standard InChI is InChI=1S/C17H14BrF3N2O2/c1-17(20,21)9-25-15-14-11(4-5-22-15)8-23(16(14)24)7-10-2-3-12(18)6-13(10)19/h2-6H,7-9H2,1H3. The number of alkyl halides is 2. The maximum Gasteiger partial charge on any atom is 0.278 e. The lowest BCUT2D eigenvalue weighted by molar-refractivity contribution is -0.0245. The topological polar surface area (TPSA) is 42.4 Å². The van der Waals surface area contributed by atoms with Gasteiger partial charge in [-0.2, -0.15) is 0 Å². The van der Waals surface area contributed by atoms with E-state index >= 15 is 0 Å². The summed E-state index contributed by atoms with van der Waals surface area (Å²) in [4.78, 5) is 17.9. The summed E-state index contributed by atoms with van der Waals surface area (Å²) in [6.45, 7) is 0.159. The fourth-order valence-electron chi connectivity index (χ4n) is 2.56. The molecule has 0 aliphatic carbocycles. The SMILES string of the molecule is CC(F)(F)COc1nccc2c1C(=O)N(Cc1ccc(Br)cc1F)C2. The number of amides is 1. The summed E-state index contributed by atoms with van der Waals surface area (Å²) in [6, 6.07) is 6.22. The van der Waals surface area contributed by atoms with E-state index in [1.807, 2.05) is 0 Å². The van der Waals surface area contributed by atoms with Crippen LogP contribution in [0.15, 0.2) is 34.9 Å². The Morgan fingerprint density at radius 1 is 1.36 bits per heavy atom. The van der Waals surface area contributed by atoms with Crippen molar-refractivity contribution in [1.29, 1.82) is 0 Å². The van der Waals surface area contributed by atoms with Crippen LogP contribution in [-0.4, -0.2) is 28.3 Å². The van der Waals surface area contributed by atoms with E-state index in [4.69, 9.17) is 4.74 Å². The van der Waals surface area contributed by atoms with Crippen LogP contribution in [0.25, 0.3) is 0 Å². The van der Waals surface area contributed by atoms with Crippen LogP contribution in [0.1, 0.15) is 28.4 Å². The van der Waals surface area contributed by atoms with E-state index in [9.17, 15) is 18.0 Å². The van der Waals surface area contributed by atoms with Crippen LogP contribution in [-0.2, 0) is 13.1 Å². The maximum absolute atomic E-state index is 14.0. The summed E-state index contributed by atoms with van der Waals surface area (Å²) >= 11 is 3.18. The van der Waals surface area contributed by atoms with Crippen molar-refractivity contribution in [3.8, 4) is 5.88 Å². The molecule has 0 saturated heterocycles. The van der Waals surface area contributed by atoms with E-state index in [0.29, 0.717) is 15.6 Å². The molecule has 1 aliphatic rings. The van der Waals surface area contributed by atoms with Crippen LogP contribution in [0.3, 0.4) is 0 Å². The fourth-order valence-corrected chi connectivity index (χ4v) is 2.90. The normalized spacial score (nSPS) is 14.0. The molecule has 0 fully saturated rings. The number of ether oxygens (including phenoxy) is 1. The highest BCUT2D eigenvalue weighted by Crippen LogP contribution is 2.31. The lowest BCUT2D eigenvalue weighted by Crippen LogP contribution is -2.25. The molecule has 1 aromatic carbocycles. The first kappa shape index (κ1) is 17.7. The highest BCUT2D eigenvalue weighted by Gasteiger charge is 2.33. The maximum atomic E-state index is 14.0. The Morgan fingerprint density at radius 2 is 2.12 bits per heavy atom. The zero-order valence-corrected chi connectivity index (χ0v) is 14.8. The van der Waals surface area contributed by atoms with Gasteiger partial charge in [0.05, 0.1) is 0 Å². The van der Waals surface area contributed by atoms with E-state index in [1.54, 1.807) is 18.2 Å². The summed E-state index contributed by atoms with van der Waals surface area (Å²) in [6.07, 6.45) is 1.40. The van der Waals surface area contributed by atoms with Crippen LogP contribution < -0.4 is 4.74 Å². The number of hydrogen-bond donors (Lipinski definition) is 0. The molecule has 132 valence electrons. The lowest BCUT2D eigenvalue weighted by Gasteiger charge is -2.16. The largest absolute Gasteiger partial charge is 0.471 e. The Balaban J connectivity index is 1.81. The predicted molar refractivity (Wildman–Crippen MR) is 88.0 cm³/mol. The van der Waals surface area contributed by atoms with Gasteiger partial charge in [-0.3, -0.25) is 4.79 Å². The minimum Gasteiger partial charge on any atom is -0.471 e. The third-order valence-electron chi connectivity index (χ3n) is 3.70. The number of halogens is 4. The predicted octanol–water partition coefficient (Wildman–Crippen LogP) is 4.17. The van der Waals surface area contributed by atoms with Gasteiger partial charge < -0.3 is 9.64 Å². The van der Waals surface area contributed by atoms with Gasteiger partial charge in [-0.25, -0.2) is 18.2 Å². The van der Waals surface area contributed by atoms with Crippen LogP contribution in [0.2, 0.25) is 0 Å². The second-order valence-corrected chi connectivity index (χ2v) is 6.82. The van der Waals surface area contributed by atoms with Gasteiger partial charge in [0.2, 0.25) is 5.88 Å². The molecule has 0 N–H and O–H groups in total. The molecule has 0 unspecified atom stereocenters. The second kappa shape index (κ2) is 6.67. The number of nitrogens with zero attached hydrogens (tertiary/aromatic N) is 2. The number of carbonyl (C=O) groups is 1. The molecule has 3 rings (SSSR count). The van der Waals surface area contributed by atoms with Gasteiger partial charge in [0.1, 0.15) is 11.4 Å². The van der Waals surface area contributed by atoms with Gasteiger partial charge in [-0.05, 0) is 23.8 Å². The van der Waals surface area contributed by atoms with Crippen LogP contribution in [0, 0.1) is 5.82 Å². The molecule has 4 nitrogen and oxygen atoms in total. The van der Waals surface area contributed by atoms with Crippen molar-refractivity contribution in [3.63, 3.8) is 0 Å². The fraction of sp³-hybridized carbons (Fsp3) is 0.294. The molecular formula is C17H14BrF3N2O2. The monoisotopic (exact) mass is 414 g/mol. The van der Waals surface area contributed by atoms with Gasteiger partial charge in [-0.15, -0.1) is 0 Å². The molecule has 0 bridgehead atoms. The molecule has 0 saturated carbocycles. The number of carbonyl (C=O) groups excluding carboxylic acids is 1. The molecule has 2 aromatic rings. The first-order valence-electron chi connectivity index (χ1n) is 7.46. The van der Waals surface area contributed by atoms with Gasteiger partial charge >= 0.3 is 0 Å². The summed E-state index contributed by atoms with van der Waals surface area (Å²) in [5, 5.41) is 0. The average Bonchev–Trinajstić information content (AvgIpc) is 2.84. The number of fused-ring (bicyclic) bond motifs is 1. The van der Waals surface area contributed by atoms with E-state index in [1.165, 1.54) is 17.2 Å². The van der Waals surface area contributed by atoms with E-state index in [2.05, 4.69) is 20.9 Å². The highest BCUT2D eigenvalue weighted by molar-refractivity contribution is 9.10. The summed E-state index contributed by atoms with van der Waals surface area (Å²) in [5.41, 5.74) is 1.14. The second-order valence-electron chi connectivity index (χ2n) is 5.91. The molecule has 1 aromatic heterocycles. The van der Waals surface area contributed by atoms with Crippen molar-refractivity contribution in [2.45, 2.75) is 25.9 Å². The van der Waals surface area contributed by atoms with Crippen LogP contribution in [0.5, 0.6) is 5.88 Å². The minimum absolute atomic E-state index is 0.0655. The summed E-state index contributed by atoms with van der Waals surface area (Å²) < 4.78 is 45.6. The van der Waals surface area contributed by atoms with Crippen LogP contribution >= 0.6 is 15.9 Å². The molecule has 0 spiro atoms. The van der Waals surface area contributed by atoms with E-state index in [0.717, 1.165) is 6.92 Å². The Kier molecular flexibility index (Phi) is 4.73. The number of benzene rings is 1. The third-order valence-corrected chi connectivity index (χ3v) is 4.20. The van der Waals surface area contributed by atoms with Crippen molar-refractivity contribution in [1.82, 2.24) is 9.88 Å². The smallest absolute Gasteiger partial charge is 0.278 e. The summed E-state index contributed by atoms with van der Waals surface area (Å²) in [7, 11) is 0. The number of rotatable bonds is 5. The van der Waals surface area contributed by atoms with Gasteiger partial charge in [-0.1, -0.05) is 22.0 Å². The lowest BCUT2D eigenvalue weighted by atomic mass is 10.2. The Hall–Kier alpha value is -2.09. The zero-order valence-electron chi connectivity index (χ0n) is 13.2. The Bertz CT molecular complexity index is 824. The zero-order chi connectivity index (χ0) is 18.2.